The summed E-state index contributed by atoms with van der Waals surface area (Å²) in [6.45, 7) is 1.16. The van der Waals surface area contributed by atoms with Gasteiger partial charge in [-0.25, -0.2) is 8.42 Å². The third kappa shape index (κ3) is 1.88. The molecule has 0 aliphatic carbocycles. The van der Waals surface area contributed by atoms with Gasteiger partial charge in [0.2, 0.25) is 0 Å². The number of halogens is 1. The first-order chi connectivity index (χ1) is 6.07. The number of hydrogen-bond donors (Lipinski definition) is 0. The van der Waals surface area contributed by atoms with Gasteiger partial charge in [0.15, 0.2) is 0 Å². The van der Waals surface area contributed by atoms with E-state index in [1.165, 1.54) is 11.3 Å². The highest BCUT2D eigenvalue weighted by Crippen LogP contribution is 2.31. The van der Waals surface area contributed by atoms with Gasteiger partial charge >= 0.3 is 0 Å². The lowest BCUT2D eigenvalue weighted by Gasteiger charge is -2.10. The molecule has 0 fully saturated rings. The fourth-order valence-electron chi connectivity index (χ4n) is 1.24. The lowest BCUT2D eigenvalue weighted by molar-refractivity contribution is 0.112. The zero-order valence-electron chi connectivity index (χ0n) is 6.62. The summed E-state index contributed by atoms with van der Waals surface area (Å²) in [5.41, 5.74) is 0.954. The molecule has 0 unspecified atom stereocenters. The van der Waals surface area contributed by atoms with Crippen molar-refractivity contribution in [1.29, 1.82) is 0 Å². The summed E-state index contributed by atoms with van der Waals surface area (Å²) in [6, 6.07) is 1.60. The van der Waals surface area contributed by atoms with Crippen molar-refractivity contribution in [2.24, 2.45) is 0 Å². The maximum Gasteiger partial charge on any atom is 0.270 e. The Kier molecular flexibility index (Phi) is 2.35. The van der Waals surface area contributed by atoms with Crippen LogP contribution >= 0.6 is 22.0 Å². The van der Waals surface area contributed by atoms with Crippen LogP contribution < -0.4 is 0 Å². The molecule has 1 aromatic heterocycles. The van der Waals surface area contributed by atoms with Crippen LogP contribution in [0.25, 0.3) is 0 Å². The Morgan fingerprint density at radius 1 is 1.54 bits per heavy atom. The summed E-state index contributed by atoms with van der Waals surface area (Å²) < 4.78 is 27.4. The molecular formula is C7H7ClO3S2. The maximum atomic E-state index is 11.0. The molecule has 0 bridgehead atoms. The van der Waals surface area contributed by atoms with Gasteiger partial charge in [0.05, 0.1) is 13.2 Å². The summed E-state index contributed by atoms with van der Waals surface area (Å²) in [4.78, 5) is 1.07. The standard InChI is InChI=1S/C7H7ClO3S2/c8-13(9,10)7-3-5-4-11-2-1-6(5)12-7/h3H,1-2,4H2. The highest BCUT2D eigenvalue weighted by Gasteiger charge is 2.19. The zero-order valence-corrected chi connectivity index (χ0v) is 9.01. The molecule has 0 radical (unpaired) electrons. The molecule has 72 valence electrons. The largest absolute Gasteiger partial charge is 0.376 e. The van der Waals surface area contributed by atoms with Crippen LogP contribution in [0.2, 0.25) is 0 Å². The number of rotatable bonds is 1. The summed E-state index contributed by atoms with van der Waals surface area (Å²) in [6.07, 6.45) is 0.784. The summed E-state index contributed by atoms with van der Waals surface area (Å²) >= 11 is 1.24. The lowest BCUT2D eigenvalue weighted by atomic mass is 10.2. The van der Waals surface area contributed by atoms with Gasteiger partial charge in [-0.1, -0.05) is 0 Å². The van der Waals surface area contributed by atoms with E-state index in [1.807, 2.05) is 0 Å². The quantitative estimate of drug-likeness (QED) is 0.700. The second kappa shape index (κ2) is 3.24. The summed E-state index contributed by atoms with van der Waals surface area (Å²) in [5.74, 6) is 0. The molecule has 2 rings (SSSR count). The van der Waals surface area contributed by atoms with E-state index in [0.29, 0.717) is 13.2 Å². The highest BCUT2D eigenvalue weighted by molar-refractivity contribution is 8.15. The molecule has 0 N–H and O–H groups in total. The van der Waals surface area contributed by atoms with Crippen molar-refractivity contribution in [1.82, 2.24) is 0 Å². The Morgan fingerprint density at radius 3 is 2.92 bits per heavy atom. The van der Waals surface area contributed by atoms with Crippen LogP contribution in [0, 0.1) is 0 Å². The SMILES string of the molecule is O=S(=O)(Cl)c1cc2c(s1)CCOC2. The van der Waals surface area contributed by atoms with Crippen molar-refractivity contribution in [3.8, 4) is 0 Å². The van der Waals surface area contributed by atoms with Crippen molar-refractivity contribution < 1.29 is 13.2 Å². The van der Waals surface area contributed by atoms with Gasteiger partial charge in [-0.05, 0) is 11.6 Å². The number of hydrogen-bond acceptors (Lipinski definition) is 4. The van der Waals surface area contributed by atoms with E-state index in [9.17, 15) is 8.42 Å². The Bertz CT molecular complexity index is 397. The minimum Gasteiger partial charge on any atom is -0.376 e. The van der Waals surface area contributed by atoms with E-state index in [2.05, 4.69) is 0 Å². The van der Waals surface area contributed by atoms with Crippen molar-refractivity contribution in [2.75, 3.05) is 6.61 Å². The third-order valence-electron chi connectivity index (χ3n) is 1.85. The molecule has 0 aromatic carbocycles. The van der Waals surface area contributed by atoms with Gasteiger partial charge in [-0.2, -0.15) is 0 Å². The molecule has 2 heterocycles. The smallest absolute Gasteiger partial charge is 0.270 e. The molecule has 0 spiro atoms. The Balaban J connectivity index is 2.47. The summed E-state index contributed by atoms with van der Waals surface area (Å²) in [5, 5.41) is 0. The van der Waals surface area contributed by atoms with Gasteiger partial charge in [-0.15, -0.1) is 11.3 Å². The second-order valence-corrected chi connectivity index (χ2v) is 6.68. The molecule has 6 heteroatoms. The van der Waals surface area contributed by atoms with Crippen LogP contribution in [-0.4, -0.2) is 15.0 Å². The molecule has 0 atom stereocenters. The van der Waals surface area contributed by atoms with Gasteiger partial charge < -0.3 is 4.74 Å². The van der Waals surface area contributed by atoms with Crippen molar-refractivity contribution >= 4 is 31.1 Å². The molecule has 0 saturated heterocycles. The van der Waals surface area contributed by atoms with Crippen LogP contribution in [0.1, 0.15) is 10.4 Å². The molecule has 1 aliphatic rings. The molecule has 1 aromatic rings. The van der Waals surface area contributed by atoms with Gasteiger partial charge in [0.1, 0.15) is 4.21 Å². The van der Waals surface area contributed by atoms with Crippen molar-refractivity contribution in [3.63, 3.8) is 0 Å². The van der Waals surface area contributed by atoms with E-state index in [0.717, 1.165) is 16.9 Å². The van der Waals surface area contributed by atoms with E-state index in [-0.39, 0.29) is 4.21 Å². The van der Waals surface area contributed by atoms with Gasteiger partial charge in [-0.3, -0.25) is 0 Å². The third-order valence-corrected chi connectivity index (χ3v) is 5.16. The number of ether oxygens (including phenoxy) is 1. The molecular weight excluding hydrogens is 232 g/mol. The van der Waals surface area contributed by atoms with Crippen LogP contribution in [0.4, 0.5) is 0 Å². The summed E-state index contributed by atoms with van der Waals surface area (Å²) in [7, 11) is 1.66. The predicted octanol–water partition coefficient (Wildman–Crippen LogP) is 1.75. The molecule has 0 amide bonds. The maximum absolute atomic E-state index is 11.0. The first-order valence-electron chi connectivity index (χ1n) is 3.71. The second-order valence-electron chi connectivity index (χ2n) is 2.75. The lowest BCUT2D eigenvalue weighted by Crippen LogP contribution is -2.05. The Hall–Kier alpha value is -0.100. The minimum atomic E-state index is -3.56. The predicted molar refractivity (Wildman–Crippen MR) is 50.7 cm³/mol. The normalized spacial score (nSPS) is 17.0. The first-order valence-corrected chi connectivity index (χ1v) is 6.84. The number of thiophene rings is 1. The van der Waals surface area contributed by atoms with Crippen LogP contribution in [0.15, 0.2) is 10.3 Å². The molecule has 1 aliphatic heterocycles. The van der Waals surface area contributed by atoms with E-state index >= 15 is 0 Å². The van der Waals surface area contributed by atoms with Crippen LogP contribution in [0.5, 0.6) is 0 Å². The van der Waals surface area contributed by atoms with Crippen LogP contribution in [0.3, 0.4) is 0 Å². The zero-order chi connectivity index (χ0) is 9.47. The van der Waals surface area contributed by atoms with Crippen LogP contribution in [-0.2, 0) is 26.8 Å². The fraction of sp³-hybridized carbons (Fsp3) is 0.429. The van der Waals surface area contributed by atoms with Gasteiger partial charge in [0, 0.05) is 22.0 Å². The van der Waals surface area contributed by atoms with E-state index in [1.54, 1.807) is 6.07 Å². The molecule has 3 nitrogen and oxygen atoms in total. The molecule has 13 heavy (non-hydrogen) atoms. The Morgan fingerprint density at radius 2 is 2.31 bits per heavy atom. The minimum absolute atomic E-state index is 0.227. The van der Waals surface area contributed by atoms with E-state index < -0.39 is 9.05 Å². The van der Waals surface area contributed by atoms with E-state index in [4.69, 9.17) is 15.4 Å². The topological polar surface area (TPSA) is 43.4 Å². The number of fused-ring (bicyclic) bond motifs is 1. The van der Waals surface area contributed by atoms with Crippen molar-refractivity contribution in [2.45, 2.75) is 17.2 Å². The monoisotopic (exact) mass is 238 g/mol. The first kappa shape index (κ1) is 9.45. The average molecular weight is 239 g/mol. The van der Waals surface area contributed by atoms with Gasteiger partial charge in [0.25, 0.3) is 9.05 Å². The molecule has 0 saturated carbocycles. The highest BCUT2D eigenvalue weighted by atomic mass is 35.7. The van der Waals surface area contributed by atoms with Crippen molar-refractivity contribution in [3.05, 3.63) is 16.5 Å². The fourth-order valence-corrected chi connectivity index (χ4v) is 3.52. The average Bonchev–Trinajstić information content (AvgIpc) is 2.45. The Labute approximate surface area is 84.7 Å².